The molecule has 0 aliphatic carbocycles. The van der Waals surface area contributed by atoms with Gasteiger partial charge in [-0.05, 0) is 45.0 Å². The van der Waals surface area contributed by atoms with E-state index in [0.717, 1.165) is 17.7 Å². The molecule has 0 aromatic heterocycles. The van der Waals surface area contributed by atoms with Gasteiger partial charge in [0.05, 0.1) is 0 Å². The number of hydrogen-bond acceptors (Lipinski definition) is 3. The molecule has 0 saturated carbocycles. The first-order valence-electron chi connectivity index (χ1n) is 7.07. The van der Waals surface area contributed by atoms with Crippen molar-refractivity contribution < 1.29 is 9.53 Å². The largest absolute Gasteiger partial charge is 0.382 e. The summed E-state index contributed by atoms with van der Waals surface area (Å²) >= 11 is 0. The normalized spacial score (nSPS) is 11.9. The predicted molar refractivity (Wildman–Crippen MR) is 82.0 cm³/mol. The smallest absolute Gasteiger partial charge is 0.319 e. The number of amides is 2. The molecule has 0 aliphatic heterocycles. The van der Waals surface area contributed by atoms with Crippen molar-refractivity contribution >= 4 is 11.7 Å². The van der Waals surface area contributed by atoms with Gasteiger partial charge < -0.3 is 20.7 Å². The lowest BCUT2D eigenvalue weighted by Crippen LogP contribution is -2.30. The Morgan fingerprint density at radius 1 is 1.40 bits per heavy atom. The van der Waals surface area contributed by atoms with Crippen LogP contribution in [0.1, 0.15) is 31.9 Å². The zero-order valence-corrected chi connectivity index (χ0v) is 12.5. The minimum atomic E-state index is -0.184. The summed E-state index contributed by atoms with van der Waals surface area (Å²) in [5.74, 6) is 0. The van der Waals surface area contributed by atoms with E-state index in [9.17, 15) is 4.79 Å². The quantitative estimate of drug-likeness (QED) is 0.641. The molecular weight excluding hydrogens is 254 g/mol. The summed E-state index contributed by atoms with van der Waals surface area (Å²) in [5, 5.41) is 8.81. The number of ether oxygens (including phenoxy) is 1. The molecule has 1 unspecified atom stereocenters. The summed E-state index contributed by atoms with van der Waals surface area (Å²) < 4.78 is 5.21. The van der Waals surface area contributed by atoms with Crippen molar-refractivity contribution in [3.8, 4) is 0 Å². The number of benzene rings is 1. The van der Waals surface area contributed by atoms with E-state index in [4.69, 9.17) is 4.74 Å². The Morgan fingerprint density at radius 2 is 2.20 bits per heavy atom. The maximum atomic E-state index is 11.7. The lowest BCUT2D eigenvalue weighted by Gasteiger charge is -2.13. The minimum absolute atomic E-state index is 0.184. The molecule has 1 aromatic rings. The molecule has 3 N–H and O–H groups in total. The molecule has 0 heterocycles. The molecule has 112 valence electrons. The van der Waals surface area contributed by atoms with Crippen molar-refractivity contribution in [2.45, 2.75) is 26.3 Å². The molecule has 5 nitrogen and oxygen atoms in total. The molecule has 0 aliphatic rings. The highest BCUT2D eigenvalue weighted by atomic mass is 16.5. The molecule has 1 rings (SSSR count). The molecule has 0 bridgehead atoms. The molecule has 0 saturated heterocycles. The second-order valence-electron chi connectivity index (χ2n) is 4.57. The summed E-state index contributed by atoms with van der Waals surface area (Å²) in [7, 11) is 1.91. The average Bonchev–Trinajstić information content (AvgIpc) is 2.46. The van der Waals surface area contributed by atoms with Crippen molar-refractivity contribution in [1.29, 1.82) is 0 Å². The topological polar surface area (TPSA) is 62.4 Å². The van der Waals surface area contributed by atoms with Gasteiger partial charge in [-0.2, -0.15) is 0 Å². The van der Waals surface area contributed by atoms with Gasteiger partial charge in [0.2, 0.25) is 0 Å². The number of carbonyl (C=O) groups excluding carboxylic acids is 1. The molecule has 1 aromatic carbocycles. The van der Waals surface area contributed by atoms with Crippen LogP contribution >= 0.6 is 0 Å². The van der Waals surface area contributed by atoms with Crippen LogP contribution in [0, 0.1) is 0 Å². The average molecular weight is 279 g/mol. The van der Waals surface area contributed by atoms with Gasteiger partial charge in [0.1, 0.15) is 0 Å². The van der Waals surface area contributed by atoms with Crippen molar-refractivity contribution in [1.82, 2.24) is 10.6 Å². The third-order valence-corrected chi connectivity index (χ3v) is 3.03. The van der Waals surface area contributed by atoms with Gasteiger partial charge in [-0.15, -0.1) is 0 Å². The zero-order valence-electron chi connectivity index (χ0n) is 12.5. The third kappa shape index (κ3) is 6.04. The number of rotatable bonds is 8. The summed E-state index contributed by atoms with van der Waals surface area (Å²) in [6, 6.07) is 7.90. The van der Waals surface area contributed by atoms with Crippen LogP contribution < -0.4 is 16.0 Å². The summed E-state index contributed by atoms with van der Waals surface area (Å²) in [6.07, 6.45) is 0.818. The highest BCUT2D eigenvalue weighted by Gasteiger charge is 2.05. The van der Waals surface area contributed by atoms with Crippen LogP contribution in [-0.2, 0) is 4.74 Å². The molecule has 20 heavy (non-hydrogen) atoms. The van der Waals surface area contributed by atoms with Crippen LogP contribution in [-0.4, -0.2) is 32.8 Å². The molecule has 0 radical (unpaired) electrons. The fourth-order valence-electron chi connectivity index (χ4n) is 1.75. The van der Waals surface area contributed by atoms with Crippen LogP contribution in [0.4, 0.5) is 10.5 Å². The molecule has 0 fully saturated rings. The van der Waals surface area contributed by atoms with Crippen LogP contribution in [0.2, 0.25) is 0 Å². The van der Waals surface area contributed by atoms with Gasteiger partial charge in [0, 0.05) is 31.5 Å². The minimum Gasteiger partial charge on any atom is -0.382 e. The fourth-order valence-corrected chi connectivity index (χ4v) is 1.75. The van der Waals surface area contributed by atoms with Crippen LogP contribution in [0.3, 0.4) is 0 Å². The Morgan fingerprint density at radius 3 is 2.90 bits per heavy atom. The van der Waals surface area contributed by atoms with Gasteiger partial charge >= 0.3 is 6.03 Å². The Hall–Kier alpha value is -1.59. The third-order valence-electron chi connectivity index (χ3n) is 3.03. The Labute approximate surface area is 121 Å². The number of hydrogen-bond donors (Lipinski definition) is 3. The maximum Gasteiger partial charge on any atom is 0.319 e. The lowest BCUT2D eigenvalue weighted by molar-refractivity contribution is 0.145. The molecule has 1 atom stereocenters. The van der Waals surface area contributed by atoms with Crippen molar-refractivity contribution in [2.75, 3.05) is 32.1 Å². The first-order valence-corrected chi connectivity index (χ1v) is 7.07. The van der Waals surface area contributed by atoms with Crippen LogP contribution in [0.25, 0.3) is 0 Å². The summed E-state index contributed by atoms with van der Waals surface area (Å²) in [6.45, 7) is 6.03. The first-order chi connectivity index (χ1) is 9.67. The number of urea groups is 1. The van der Waals surface area contributed by atoms with Crippen LogP contribution in [0.5, 0.6) is 0 Å². The predicted octanol–water partition coefficient (Wildman–Crippen LogP) is 2.52. The first kappa shape index (κ1) is 16.5. The SMILES string of the molecule is CCOCCCNC(=O)Nc1cccc(C(C)NC)c1. The van der Waals surface area contributed by atoms with E-state index in [1.807, 2.05) is 38.2 Å². The van der Waals surface area contributed by atoms with Gasteiger partial charge in [0.15, 0.2) is 0 Å². The van der Waals surface area contributed by atoms with E-state index >= 15 is 0 Å². The fraction of sp³-hybridized carbons (Fsp3) is 0.533. The van der Waals surface area contributed by atoms with E-state index in [0.29, 0.717) is 19.8 Å². The van der Waals surface area contributed by atoms with Crippen molar-refractivity contribution in [3.63, 3.8) is 0 Å². The lowest BCUT2D eigenvalue weighted by atomic mass is 10.1. The second kappa shape index (κ2) is 9.34. The molecule has 5 heteroatoms. The van der Waals surface area contributed by atoms with Gasteiger partial charge in [-0.25, -0.2) is 4.79 Å². The Kier molecular flexibility index (Phi) is 7.69. The highest BCUT2D eigenvalue weighted by Crippen LogP contribution is 2.16. The number of anilines is 1. The molecule has 2 amide bonds. The second-order valence-corrected chi connectivity index (χ2v) is 4.57. The van der Waals surface area contributed by atoms with E-state index < -0.39 is 0 Å². The molecular formula is C15H25N3O2. The summed E-state index contributed by atoms with van der Waals surface area (Å²) in [4.78, 5) is 11.7. The van der Waals surface area contributed by atoms with E-state index in [2.05, 4.69) is 22.9 Å². The van der Waals surface area contributed by atoms with Crippen molar-refractivity contribution in [3.05, 3.63) is 29.8 Å². The standard InChI is InChI=1S/C15H25N3O2/c1-4-20-10-6-9-17-15(19)18-14-8-5-7-13(11-14)12(2)16-3/h5,7-8,11-12,16H,4,6,9-10H2,1-3H3,(H2,17,18,19). The van der Waals surface area contributed by atoms with Crippen LogP contribution in [0.15, 0.2) is 24.3 Å². The number of nitrogens with one attached hydrogen (secondary N) is 3. The Balaban J connectivity index is 2.38. The van der Waals surface area contributed by atoms with Crippen molar-refractivity contribution in [2.24, 2.45) is 0 Å². The van der Waals surface area contributed by atoms with E-state index in [1.54, 1.807) is 0 Å². The maximum absolute atomic E-state index is 11.7. The Bertz CT molecular complexity index is 410. The zero-order chi connectivity index (χ0) is 14.8. The van der Waals surface area contributed by atoms with Gasteiger partial charge in [-0.1, -0.05) is 12.1 Å². The van der Waals surface area contributed by atoms with E-state index in [-0.39, 0.29) is 12.1 Å². The highest BCUT2D eigenvalue weighted by molar-refractivity contribution is 5.89. The summed E-state index contributed by atoms with van der Waals surface area (Å²) in [5.41, 5.74) is 1.94. The van der Waals surface area contributed by atoms with Gasteiger partial charge in [-0.3, -0.25) is 0 Å². The molecule has 0 spiro atoms. The number of carbonyl (C=O) groups is 1. The van der Waals surface area contributed by atoms with E-state index in [1.165, 1.54) is 0 Å². The van der Waals surface area contributed by atoms with Gasteiger partial charge in [0.25, 0.3) is 0 Å². The monoisotopic (exact) mass is 279 g/mol.